The minimum absolute atomic E-state index is 0.104. The Balaban J connectivity index is 1.69. The SMILES string of the molecule is OCCNNC(=S)N[C@H]1C[C@H]2C=C[C@H]1C2. The Morgan fingerprint density at radius 2 is 2.27 bits per heavy atom. The van der Waals surface area contributed by atoms with Gasteiger partial charge in [-0.15, -0.1) is 0 Å². The maximum atomic E-state index is 8.57. The van der Waals surface area contributed by atoms with Crippen LogP contribution < -0.4 is 16.2 Å². The van der Waals surface area contributed by atoms with E-state index in [9.17, 15) is 0 Å². The van der Waals surface area contributed by atoms with Gasteiger partial charge >= 0.3 is 0 Å². The van der Waals surface area contributed by atoms with Gasteiger partial charge in [-0.1, -0.05) is 12.2 Å². The third-order valence-electron chi connectivity index (χ3n) is 3.03. The minimum Gasteiger partial charge on any atom is -0.395 e. The Hall–Kier alpha value is -0.650. The van der Waals surface area contributed by atoms with E-state index < -0.39 is 0 Å². The molecule has 0 spiro atoms. The molecule has 2 aliphatic rings. The van der Waals surface area contributed by atoms with E-state index in [1.54, 1.807) is 0 Å². The predicted molar refractivity (Wildman–Crippen MR) is 63.1 cm³/mol. The standard InChI is InChI=1S/C10H17N3OS/c14-4-3-11-13-10(15)12-9-6-7-1-2-8(9)5-7/h1-2,7-9,11,14H,3-6H2,(H2,12,13,15)/t7-,8-,9-/m0/s1. The number of hydrogen-bond acceptors (Lipinski definition) is 3. The van der Waals surface area contributed by atoms with Gasteiger partial charge in [-0.05, 0) is 36.9 Å². The average Bonchev–Trinajstić information content (AvgIpc) is 2.79. The highest BCUT2D eigenvalue weighted by Crippen LogP contribution is 2.38. The van der Waals surface area contributed by atoms with E-state index in [0.717, 1.165) is 5.92 Å². The summed E-state index contributed by atoms with van der Waals surface area (Å²) >= 11 is 5.13. The molecule has 0 aromatic heterocycles. The zero-order valence-corrected chi connectivity index (χ0v) is 9.39. The average molecular weight is 227 g/mol. The van der Waals surface area contributed by atoms with Crippen molar-refractivity contribution in [3.8, 4) is 0 Å². The summed E-state index contributed by atoms with van der Waals surface area (Å²) in [5.74, 6) is 1.40. The van der Waals surface area contributed by atoms with Crippen LogP contribution in [0.1, 0.15) is 12.8 Å². The Morgan fingerprint density at radius 3 is 2.87 bits per heavy atom. The van der Waals surface area contributed by atoms with Crippen LogP contribution in [0.25, 0.3) is 0 Å². The van der Waals surface area contributed by atoms with Crippen LogP contribution in [-0.2, 0) is 0 Å². The number of fused-ring (bicyclic) bond motifs is 2. The number of hydrazine groups is 1. The highest BCUT2D eigenvalue weighted by molar-refractivity contribution is 7.80. The molecule has 0 saturated heterocycles. The number of aliphatic hydroxyl groups is 1. The molecule has 0 radical (unpaired) electrons. The van der Waals surface area contributed by atoms with Gasteiger partial charge in [0.25, 0.3) is 0 Å². The Labute approximate surface area is 95.1 Å². The number of hydrogen-bond donors (Lipinski definition) is 4. The molecule has 15 heavy (non-hydrogen) atoms. The lowest BCUT2D eigenvalue weighted by atomic mass is 10.0. The van der Waals surface area contributed by atoms with Crippen molar-refractivity contribution < 1.29 is 5.11 Å². The maximum Gasteiger partial charge on any atom is 0.181 e. The van der Waals surface area contributed by atoms with Gasteiger partial charge in [0.1, 0.15) is 0 Å². The molecule has 1 saturated carbocycles. The fraction of sp³-hybridized carbons (Fsp3) is 0.700. The van der Waals surface area contributed by atoms with Crippen molar-refractivity contribution in [2.24, 2.45) is 11.8 Å². The zero-order valence-electron chi connectivity index (χ0n) is 8.57. The van der Waals surface area contributed by atoms with E-state index in [2.05, 4.69) is 28.3 Å². The third-order valence-corrected chi connectivity index (χ3v) is 3.25. The molecule has 2 aliphatic carbocycles. The molecule has 4 nitrogen and oxygen atoms in total. The molecule has 2 bridgehead atoms. The van der Waals surface area contributed by atoms with Crippen LogP contribution in [0.3, 0.4) is 0 Å². The second-order valence-corrected chi connectivity index (χ2v) is 4.54. The van der Waals surface area contributed by atoms with Crippen molar-refractivity contribution in [1.29, 1.82) is 0 Å². The Morgan fingerprint density at radius 1 is 1.40 bits per heavy atom. The Kier molecular flexibility index (Phi) is 3.56. The van der Waals surface area contributed by atoms with E-state index in [1.807, 2.05) is 0 Å². The second-order valence-electron chi connectivity index (χ2n) is 4.14. The molecule has 3 atom stereocenters. The molecule has 4 N–H and O–H groups in total. The van der Waals surface area contributed by atoms with Crippen molar-refractivity contribution >= 4 is 17.3 Å². The van der Waals surface area contributed by atoms with Gasteiger partial charge in [0.15, 0.2) is 5.11 Å². The molecule has 0 aliphatic heterocycles. The van der Waals surface area contributed by atoms with Gasteiger partial charge in [-0.2, -0.15) is 0 Å². The number of rotatable bonds is 4. The molecule has 1 fully saturated rings. The quantitative estimate of drug-likeness (QED) is 0.234. The highest BCUT2D eigenvalue weighted by Gasteiger charge is 2.35. The molecule has 0 aromatic carbocycles. The summed E-state index contributed by atoms with van der Waals surface area (Å²) in [6.07, 6.45) is 7.05. The first kappa shape index (κ1) is 10.9. The fourth-order valence-electron chi connectivity index (χ4n) is 2.35. The lowest BCUT2D eigenvalue weighted by Crippen LogP contribution is -2.49. The van der Waals surface area contributed by atoms with Gasteiger partial charge < -0.3 is 10.4 Å². The Bertz CT molecular complexity index is 269. The van der Waals surface area contributed by atoms with Crippen LogP contribution in [0.4, 0.5) is 0 Å². The summed E-state index contributed by atoms with van der Waals surface area (Å²) in [4.78, 5) is 0. The van der Waals surface area contributed by atoms with Gasteiger partial charge in [0, 0.05) is 12.6 Å². The van der Waals surface area contributed by atoms with Gasteiger partial charge in [-0.3, -0.25) is 5.43 Å². The number of allylic oxidation sites excluding steroid dienone is 1. The van der Waals surface area contributed by atoms with Gasteiger partial charge in [-0.25, -0.2) is 5.43 Å². The van der Waals surface area contributed by atoms with E-state index in [-0.39, 0.29) is 6.61 Å². The van der Waals surface area contributed by atoms with Crippen molar-refractivity contribution in [2.75, 3.05) is 13.2 Å². The van der Waals surface area contributed by atoms with Crippen LogP contribution in [0.5, 0.6) is 0 Å². The molecule has 0 aromatic rings. The van der Waals surface area contributed by atoms with Gasteiger partial charge in [0.2, 0.25) is 0 Å². The van der Waals surface area contributed by atoms with E-state index >= 15 is 0 Å². The van der Waals surface area contributed by atoms with Crippen LogP contribution in [0.2, 0.25) is 0 Å². The minimum atomic E-state index is 0.104. The predicted octanol–water partition coefficient (Wildman–Crippen LogP) is -0.0880. The van der Waals surface area contributed by atoms with Gasteiger partial charge in [0.05, 0.1) is 6.61 Å². The van der Waals surface area contributed by atoms with Crippen molar-refractivity contribution in [3.05, 3.63) is 12.2 Å². The first-order valence-electron chi connectivity index (χ1n) is 5.38. The second kappa shape index (κ2) is 4.92. The molecule has 0 heterocycles. The van der Waals surface area contributed by atoms with Crippen LogP contribution in [-0.4, -0.2) is 29.4 Å². The van der Waals surface area contributed by atoms with Crippen LogP contribution in [0.15, 0.2) is 12.2 Å². The summed E-state index contributed by atoms with van der Waals surface area (Å²) in [5.41, 5.74) is 5.69. The van der Waals surface area contributed by atoms with Crippen LogP contribution >= 0.6 is 12.2 Å². The summed E-state index contributed by atoms with van der Waals surface area (Å²) in [6, 6.07) is 0.482. The molecule has 5 heteroatoms. The zero-order chi connectivity index (χ0) is 10.7. The fourth-order valence-corrected chi connectivity index (χ4v) is 2.57. The first-order valence-corrected chi connectivity index (χ1v) is 5.79. The lowest BCUT2D eigenvalue weighted by Gasteiger charge is -2.21. The first-order chi connectivity index (χ1) is 7.29. The maximum absolute atomic E-state index is 8.57. The molecule has 2 rings (SSSR count). The van der Waals surface area contributed by atoms with Crippen molar-refractivity contribution in [3.63, 3.8) is 0 Å². The smallest absolute Gasteiger partial charge is 0.181 e. The van der Waals surface area contributed by atoms with E-state index in [1.165, 1.54) is 12.8 Å². The monoisotopic (exact) mass is 227 g/mol. The molecular weight excluding hydrogens is 210 g/mol. The number of aliphatic hydroxyl groups excluding tert-OH is 1. The summed E-state index contributed by atoms with van der Waals surface area (Å²) < 4.78 is 0. The summed E-state index contributed by atoms with van der Waals surface area (Å²) in [5, 5.41) is 12.5. The lowest BCUT2D eigenvalue weighted by molar-refractivity contribution is 0.289. The van der Waals surface area contributed by atoms with Crippen molar-refractivity contribution in [1.82, 2.24) is 16.2 Å². The topological polar surface area (TPSA) is 56.3 Å². The molecular formula is C10H17N3OS. The number of nitrogens with one attached hydrogen (secondary N) is 3. The largest absolute Gasteiger partial charge is 0.395 e. The van der Waals surface area contributed by atoms with Crippen molar-refractivity contribution in [2.45, 2.75) is 18.9 Å². The highest BCUT2D eigenvalue weighted by atomic mass is 32.1. The molecule has 0 unspecified atom stereocenters. The van der Waals surface area contributed by atoms with E-state index in [4.69, 9.17) is 17.3 Å². The van der Waals surface area contributed by atoms with E-state index in [0.29, 0.717) is 23.6 Å². The summed E-state index contributed by atoms with van der Waals surface area (Å²) in [6.45, 7) is 0.602. The molecule has 0 amide bonds. The number of thiocarbonyl (C=S) groups is 1. The van der Waals surface area contributed by atoms with Crippen LogP contribution in [0, 0.1) is 11.8 Å². The molecule has 84 valence electrons. The normalized spacial score (nSPS) is 31.9. The summed E-state index contributed by atoms with van der Waals surface area (Å²) in [7, 11) is 0. The third kappa shape index (κ3) is 2.68.